The van der Waals surface area contributed by atoms with Gasteiger partial charge >= 0.3 is 0 Å². The lowest BCUT2D eigenvalue weighted by atomic mass is 10.0. The van der Waals surface area contributed by atoms with E-state index in [0.717, 1.165) is 24.0 Å². The molecule has 0 saturated carbocycles. The van der Waals surface area contributed by atoms with Crippen molar-refractivity contribution in [2.45, 2.75) is 26.2 Å². The monoisotopic (exact) mass is 340 g/mol. The Balaban J connectivity index is 2.43. The van der Waals surface area contributed by atoms with Crippen LogP contribution in [-0.2, 0) is 11.2 Å². The SMILES string of the molecule is C=CCc1cc(/C=C(\C#N)C(=O)N2CCCC2)cc(OCC)c1OC. The number of ether oxygens (including phenoxy) is 2. The zero-order valence-corrected chi connectivity index (χ0v) is 14.9. The number of nitrogens with zero attached hydrogens (tertiary/aromatic N) is 2. The predicted molar refractivity (Wildman–Crippen MR) is 97.5 cm³/mol. The molecule has 1 aliphatic rings. The van der Waals surface area contributed by atoms with Crippen LogP contribution in [0, 0.1) is 11.3 Å². The molecule has 2 rings (SSSR count). The number of rotatable bonds is 7. The highest BCUT2D eigenvalue weighted by molar-refractivity contribution is 6.01. The van der Waals surface area contributed by atoms with Crippen LogP contribution in [0.2, 0.25) is 0 Å². The van der Waals surface area contributed by atoms with E-state index in [2.05, 4.69) is 6.58 Å². The third-order valence-corrected chi connectivity index (χ3v) is 4.08. The average Bonchev–Trinajstić information content (AvgIpc) is 3.14. The number of nitriles is 1. The second kappa shape index (κ2) is 8.93. The summed E-state index contributed by atoms with van der Waals surface area (Å²) in [5, 5.41) is 9.43. The minimum atomic E-state index is -0.209. The lowest BCUT2D eigenvalue weighted by molar-refractivity contribution is -0.125. The van der Waals surface area contributed by atoms with Gasteiger partial charge in [0.2, 0.25) is 0 Å². The number of carbonyl (C=O) groups excluding carboxylic acids is 1. The molecule has 1 saturated heterocycles. The van der Waals surface area contributed by atoms with Crippen LogP contribution in [0.1, 0.15) is 30.9 Å². The minimum absolute atomic E-state index is 0.138. The van der Waals surface area contributed by atoms with Gasteiger partial charge in [-0.15, -0.1) is 6.58 Å². The highest BCUT2D eigenvalue weighted by atomic mass is 16.5. The van der Waals surface area contributed by atoms with Crippen LogP contribution < -0.4 is 9.47 Å². The van der Waals surface area contributed by atoms with E-state index in [9.17, 15) is 10.1 Å². The topological polar surface area (TPSA) is 62.6 Å². The number of allylic oxidation sites excluding steroid dienone is 1. The van der Waals surface area contributed by atoms with E-state index < -0.39 is 0 Å². The molecule has 1 aromatic rings. The maximum atomic E-state index is 12.5. The molecule has 1 heterocycles. The molecule has 0 aliphatic carbocycles. The Labute approximate surface area is 149 Å². The molecule has 1 aromatic carbocycles. The van der Waals surface area contributed by atoms with Gasteiger partial charge in [-0.2, -0.15) is 5.26 Å². The Morgan fingerprint density at radius 3 is 2.68 bits per heavy atom. The number of hydrogen-bond donors (Lipinski definition) is 0. The van der Waals surface area contributed by atoms with Crippen LogP contribution in [-0.4, -0.2) is 37.6 Å². The first kappa shape index (κ1) is 18.6. The molecule has 0 N–H and O–H groups in total. The van der Waals surface area contributed by atoms with Crippen molar-refractivity contribution >= 4 is 12.0 Å². The first-order chi connectivity index (χ1) is 12.1. The normalized spacial score (nSPS) is 14.1. The van der Waals surface area contributed by atoms with E-state index in [4.69, 9.17) is 9.47 Å². The molecule has 0 spiro atoms. The summed E-state index contributed by atoms with van der Waals surface area (Å²) in [6, 6.07) is 5.73. The molecule has 1 fully saturated rings. The van der Waals surface area contributed by atoms with Gasteiger partial charge in [-0.3, -0.25) is 4.79 Å². The Morgan fingerprint density at radius 2 is 2.12 bits per heavy atom. The summed E-state index contributed by atoms with van der Waals surface area (Å²) in [5.74, 6) is 1.05. The van der Waals surface area contributed by atoms with Gasteiger partial charge in [0, 0.05) is 18.7 Å². The number of hydrogen-bond acceptors (Lipinski definition) is 4. The van der Waals surface area contributed by atoms with Crippen LogP contribution in [0.5, 0.6) is 11.5 Å². The zero-order valence-electron chi connectivity index (χ0n) is 14.9. The molecule has 25 heavy (non-hydrogen) atoms. The van der Waals surface area contributed by atoms with E-state index in [1.165, 1.54) is 0 Å². The van der Waals surface area contributed by atoms with Gasteiger partial charge in [-0.05, 0) is 50.0 Å². The van der Waals surface area contributed by atoms with E-state index in [1.807, 2.05) is 19.1 Å². The van der Waals surface area contributed by atoms with Gasteiger partial charge in [-0.1, -0.05) is 6.08 Å². The van der Waals surface area contributed by atoms with Gasteiger partial charge in [0.15, 0.2) is 11.5 Å². The number of benzene rings is 1. The number of amides is 1. The zero-order chi connectivity index (χ0) is 18.2. The standard InChI is InChI=1S/C20H24N2O3/c1-4-8-16-11-15(13-18(25-5-2)19(16)24-3)12-17(14-21)20(23)22-9-6-7-10-22/h4,11-13H,1,5-10H2,2-3H3/b17-12+. The first-order valence-corrected chi connectivity index (χ1v) is 8.50. The van der Waals surface area contributed by atoms with Crippen molar-refractivity contribution in [2.75, 3.05) is 26.8 Å². The van der Waals surface area contributed by atoms with Crippen LogP contribution in [0.15, 0.2) is 30.4 Å². The maximum Gasteiger partial charge on any atom is 0.264 e. The lowest BCUT2D eigenvalue weighted by Crippen LogP contribution is -2.28. The van der Waals surface area contributed by atoms with Gasteiger partial charge in [0.05, 0.1) is 13.7 Å². The minimum Gasteiger partial charge on any atom is -0.493 e. The fourth-order valence-electron chi connectivity index (χ4n) is 2.97. The fraction of sp³-hybridized carbons (Fsp3) is 0.400. The summed E-state index contributed by atoms with van der Waals surface area (Å²) in [5.41, 5.74) is 1.78. The Hall–Kier alpha value is -2.74. The Bertz CT molecular complexity index is 710. The largest absolute Gasteiger partial charge is 0.493 e. The van der Waals surface area contributed by atoms with Gasteiger partial charge < -0.3 is 14.4 Å². The Morgan fingerprint density at radius 1 is 1.40 bits per heavy atom. The third kappa shape index (κ3) is 4.42. The van der Waals surface area contributed by atoms with Crippen molar-refractivity contribution in [2.24, 2.45) is 0 Å². The summed E-state index contributed by atoms with van der Waals surface area (Å²) >= 11 is 0. The van der Waals surface area contributed by atoms with Crippen molar-refractivity contribution in [3.8, 4) is 17.6 Å². The molecule has 0 radical (unpaired) electrons. The summed E-state index contributed by atoms with van der Waals surface area (Å²) in [6.07, 6.45) is 5.99. The Kier molecular flexibility index (Phi) is 6.64. The second-order valence-electron chi connectivity index (χ2n) is 5.81. The van der Waals surface area contributed by atoms with Crippen molar-refractivity contribution in [3.05, 3.63) is 41.5 Å². The van der Waals surface area contributed by atoms with E-state index >= 15 is 0 Å². The van der Waals surface area contributed by atoms with Crippen molar-refractivity contribution in [1.82, 2.24) is 4.90 Å². The van der Waals surface area contributed by atoms with Crippen molar-refractivity contribution in [3.63, 3.8) is 0 Å². The molecule has 1 aliphatic heterocycles. The molecule has 5 heteroatoms. The van der Waals surface area contributed by atoms with Crippen LogP contribution in [0.3, 0.4) is 0 Å². The molecule has 5 nitrogen and oxygen atoms in total. The first-order valence-electron chi connectivity index (χ1n) is 8.50. The molecule has 132 valence electrons. The quantitative estimate of drug-likeness (QED) is 0.434. The second-order valence-corrected chi connectivity index (χ2v) is 5.81. The van der Waals surface area contributed by atoms with E-state index in [0.29, 0.717) is 37.6 Å². The maximum absolute atomic E-state index is 12.5. The summed E-state index contributed by atoms with van der Waals surface area (Å²) in [7, 11) is 1.59. The van der Waals surface area contributed by atoms with E-state index in [-0.39, 0.29) is 11.5 Å². The lowest BCUT2D eigenvalue weighted by Gasteiger charge is -2.16. The summed E-state index contributed by atoms with van der Waals surface area (Å²) in [6.45, 7) is 7.59. The highest BCUT2D eigenvalue weighted by Gasteiger charge is 2.22. The van der Waals surface area contributed by atoms with E-state index in [1.54, 1.807) is 30.2 Å². The van der Waals surface area contributed by atoms with Gasteiger partial charge in [-0.25, -0.2) is 0 Å². The van der Waals surface area contributed by atoms with Crippen molar-refractivity contribution in [1.29, 1.82) is 5.26 Å². The van der Waals surface area contributed by atoms with Crippen molar-refractivity contribution < 1.29 is 14.3 Å². The average molecular weight is 340 g/mol. The predicted octanol–water partition coefficient (Wildman–Crippen LogP) is 3.35. The molecule has 0 aromatic heterocycles. The molecule has 0 atom stereocenters. The van der Waals surface area contributed by atoms with Gasteiger partial charge in [0.25, 0.3) is 5.91 Å². The van der Waals surface area contributed by atoms with Crippen LogP contribution >= 0.6 is 0 Å². The molecule has 1 amide bonds. The molecule has 0 unspecified atom stereocenters. The number of likely N-dealkylation sites (tertiary alicyclic amines) is 1. The third-order valence-electron chi connectivity index (χ3n) is 4.08. The highest BCUT2D eigenvalue weighted by Crippen LogP contribution is 2.34. The smallest absolute Gasteiger partial charge is 0.264 e. The number of carbonyl (C=O) groups is 1. The number of methoxy groups -OCH3 is 1. The van der Waals surface area contributed by atoms with Crippen LogP contribution in [0.25, 0.3) is 6.08 Å². The summed E-state index contributed by atoms with van der Waals surface area (Å²) in [4.78, 5) is 14.2. The molecule has 0 bridgehead atoms. The molecular formula is C20H24N2O3. The summed E-state index contributed by atoms with van der Waals surface area (Å²) < 4.78 is 11.1. The molecular weight excluding hydrogens is 316 g/mol. The fourth-order valence-corrected chi connectivity index (χ4v) is 2.97. The van der Waals surface area contributed by atoms with Gasteiger partial charge in [0.1, 0.15) is 11.6 Å². The van der Waals surface area contributed by atoms with Crippen LogP contribution in [0.4, 0.5) is 0 Å².